The number of halogens is 1. The predicted octanol–water partition coefficient (Wildman–Crippen LogP) is 3.40. The number of amides is 1. The number of carbonyl (C=O) groups excluding carboxylic acids is 1. The first-order chi connectivity index (χ1) is 12.0. The van der Waals surface area contributed by atoms with E-state index < -0.39 is 11.7 Å². The van der Waals surface area contributed by atoms with Crippen molar-refractivity contribution in [3.8, 4) is 17.2 Å². The van der Waals surface area contributed by atoms with Crippen LogP contribution in [0.5, 0.6) is 0 Å². The Kier molecular flexibility index (Phi) is 3.32. The van der Waals surface area contributed by atoms with Crippen molar-refractivity contribution >= 4 is 17.0 Å². The second-order valence-corrected chi connectivity index (χ2v) is 6.25. The van der Waals surface area contributed by atoms with Crippen LogP contribution in [-0.2, 0) is 4.79 Å². The number of oxazole rings is 1. The SMILES string of the molecule is Cc1c(-c2ccccc2)c(F)c2oc([C@H]3C[C@@H]3C(N)=O)nc2c1C#N. The van der Waals surface area contributed by atoms with Crippen LogP contribution in [0.15, 0.2) is 34.7 Å². The molecular formula is C19H14FN3O2. The van der Waals surface area contributed by atoms with Gasteiger partial charge in [0.25, 0.3) is 0 Å². The molecule has 2 aromatic carbocycles. The molecule has 4 rings (SSSR count). The summed E-state index contributed by atoms with van der Waals surface area (Å²) in [5.74, 6) is -1.28. The molecule has 0 bridgehead atoms. The highest BCUT2D eigenvalue weighted by molar-refractivity contribution is 5.89. The number of hydrogen-bond donors (Lipinski definition) is 1. The van der Waals surface area contributed by atoms with Crippen LogP contribution < -0.4 is 5.73 Å². The molecule has 5 nitrogen and oxygen atoms in total. The van der Waals surface area contributed by atoms with Gasteiger partial charge in [-0.1, -0.05) is 30.3 Å². The Morgan fingerprint density at radius 3 is 2.72 bits per heavy atom. The minimum absolute atomic E-state index is 0.0499. The van der Waals surface area contributed by atoms with Crippen molar-refractivity contribution in [2.24, 2.45) is 11.7 Å². The van der Waals surface area contributed by atoms with Gasteiger partial charge in [0.05, 0.1) is 11.5 Å². The highest BCUT2D eigenvalue weighted by atomic mass is 19.1. The molecule has 6 heteroatoms. The van der Waals surface area contributed by atoms with Crippen molar-refractivity contribution in [1.29, 1.82) is 5.26 Å². The lowest BCUT2D eigenvalue weighted by Crippen LogP contribution is -2.13. The molecule has 25 heavy (non-hydrogen) atoms. The Labute approximate surface area is 142 Å². The first kappa shape index (κ1) is 15.3. The number of nitrogens with zero attached hydrogens (tertiary/aromatic N) is 2. The molecule has 1 fully saturated rings. The highest BCUT2D eigenvalue weighted by Gasteiger charge is 2.46. The standard InChI is InChI=1S/C19H14FN3O2/c1-9-13(8-21)16-17(15(20)14(9)10-5-3-2-4-6-10)25-19(23-16)12-7-11(12)18(22)24/h2-6,11-12H,7H2,1H3,(H2,22,24)/t11-,12-/m0/s1. The maximum Gasteiger partial charge on any atom is 0.221 e. The third kappa shape index (κ3) is 2.28. The van der Waals surface area contributed by atoms with Gasteiger partial charge in [-0.25, -0.2) is 9.37 Å². The van der Waals surface area contributed by atoms with Crippen LogP contribution in [0.4, 0.5) is 4.39 Å². The number of hydrogen-bond acceptors (Lipinski definition) is 4. The molecule has 2 atom stereocenters. The van der Waals surface area contributed by atoms with Gasteiger partial charge in [0.15, 0.2) is 17.3 Å². The average molecular weight is 335 g/mol. The molecule has 1 aromatic heterocycles. The lowest BCUT2D eigenvalue weighted by atomic mass is 9.95. The van der Waals surface area contributed by atoms with Crippen molar-refractivity contribution in [3.63, 3.8) is 0 Å². The number of primary amides is 1. The number of nitriles is 1. The lowest BCUT2D eigenvalue weighted by Gasteiger charge is -2.09. The second kappa shape index (κ2) is 5.42. The van der Waals surface area contributed by atoms with Crippen LogP contribution in [0, 0.1) is 30.0 Å². The summed E-state index contributed by atoms with van der Waals surface area (Å²) in [5.41, 5.74) is 7.23. The zero-order chi connectivity index (χ0) is 17.7. The van der Waals surface area contributed by atoms with Crippen LogP contribution in [0.2, 0.25) is 0 Å². The fourth-order valence-corrected chi connectivity index (χ4v) is 3.26. The smallest absolute Gasteiger partial charge is 0.221 e. The summed E-state index contributed by atoms with van der Waals surface area (Å²) in [7, 11) is 0. The minimum Gasteiger partial charge on any atom is -0.437 e. The zero-order valence-electron chi connectivity index (χ0n) is 13.4. The summed E-state index contributed by atoms with van der Waals surface area (Å²) < 4.78 is 20.8. The fraction of sp³-hybridized carbons (Fsp3) is 0.211. The van der Waals surface area contributed by atoms with Gasteiger partial charge < -0.3 is 10.2 Å². The Morgan fingerprint density at radius 2 is 2.12 bits per heavy atom. The number of aromatic nitrogens is 1. The molecule has 1 aliphatic carbocycles. The van der Waals surface area contributed by atoms with E-state index >= 15 is 4.39 Å². The van der Waals surface area contributed by atoms with Gasteiger partial charge in [0.2, 0.25) is 5.91 Å². The van der Waals surface area contributed by atoms with E-state index in [9.17, 15) is 10.1 Å². The molecule has 1 aliphatic rings. The van der Waals surface area contributed by atoms with E-state index in [4.69, 9.17) is 10.2 Å². The van der Waals surface area contributed by atoms with Crippen molar-refractivity contribution in [2.45, 2.75) is 19.3 Å². The van der Waals surface area contributed by atoms with E-state index in [1.807, 2.05) is 6.07 Å². The molecule has 0 saturated heterocycles. The van der Waals surface area contributed by atoms with Crippen molar-refractivity contribution in [1.82, 2.24) is 4.98 Å². The normalized spacial score (nSPS) is 18.9. The predicted molar refractivity (Wildman–Crippen MR) is 88.9 cm³/mol. The van der Waals surface area contributed by atoms with E-state index in [1.165, 1.54) is 0 Å². The molecule has 0 spiro atoms. The third-order valence-corrected chi connectivity index (χ3v) is 4.70. The summed E-state index contributed by atoms with van der Waals surface area (Å²) in [6.45, 7) is 1.70. The highest BCUT2D eigenvalue weighted by Crippen LogP contribution is 2.48. The number of carbonyl (C=O) groups is 1. The molecule has 2 N–H and O–H groups in total. The summed E-state index contributed by atoms with van der Waals surface area (Å²) in [5, 5.41) is 9.55. The van der Waals surface area contributed by atoms with E-state index in [1.54, 1.807) is 31.2 Å². The number of rotatable bonds is 3. The molecular weight excluding hydrogens is 321 g/mol. The van der Waals surface area contributed by atoms with Crippen LogP contribution in [0.1, 0.15) is 29.4 Å². The lowest BCUT2D eigenvalue weighted by molar-refractivity contribution is -0.119. The van der Waals surface area contributed by atoms with Gasteiger partial charge in [-0.05, 0) is 24.5 Å². The van der Waals surface area contributed by atoms with Gasteiger partial charge in [0, 0.05) is 11.5 Å². The molecule has 1 amide bonds. The van der Waals surface area contributed by atoms with Gasteiger partial charge >= 0.3 is 0 Å². The molecule has 3 aromatic rings. The van der Waals surface area contributed by atoms with Gasteiger partial charge in [-0.2, -0.15) is 5.26 Å². The Balaban J connectivity index is 1.95. The molecule has 124 valence electrons. The van der Waals surface area contributed by atoms with Crippen LogP contribution in [0.25, 0.3) is 22.2 Å². The van der Waals surface area contributed by atoms with E-state index in [0.29, 0.717) is 23.1 Å². The zero-order valence-corrected chi connectivity index (χ0v) is 13.4. The van der Waals surface area contributed by atoms with E-state index in [2.05, 4.69) is 11.1 Å². The summed E-state index contributed by atoms with van der Waals surface area (Å²) in [6.07, 6.45) is 0.538. The molecule has 1 heterocycles. The maximum absolute atomic E-state index is 15.2. The first-order valence-corrected chi connectivity index (χ1v) is 7.90. The van der Waals surface area contributed by atoms with Crippen molar-refractivity contribution in [3.05, 3.63) is 53.2 Å². The number of fused-ring (bicyclic) bond motifs is 1. The summed E-state index contributed by atoms with van der Waals surface area (Å²) in [6, 6.07) is 11.1. The Morgan fingerprint density at radius 1 is 1.40 bits per heavy atom. The molecule has 0 radical (unpaired) electrons. The maximum atomic E-state index is 15.2. The van der Waals surface area contributed by atoms with Crippen LogP contribution in [0.3, 0.4) is 0 Å². The monoisotopic (exact) mass is 335 g/mol. The first-order valence-electron chi connectivity index (χ1n) is 7.90. The molecule has 0 aliphatic heterocycles. The molecule has 0 unspecified atom stereocenters. The topological polar surface area (TPSA) is 92.9 Å². The van der Waals surface area contributed by atoms with Gasteiger partial charge in [0.1, 0.15) is 11.6 Å². The minimum atomic E-state index is -0.548. The Hall–Kier alpha value is -3.20. The fourth-order valence-electron chi connectivity index (χ4n) is 3.26. The van der Waals surface area contributed by atoms with Crippen molar-refractivity contribution in [2.75, 3.05) is 0 Å². The number of nitrogens with two attached hydrogens (primary N) is 1. The summed E-state index contributed by atoms with van der Waals surface area (Å²) in [4.78, 5) is 15.6. The largest absolute Gasteiger partial charge is 0.437 e. The molecule has 1 saturated carbocycles. The quantitative estimate of drug-likeness (QED) is 0.794. The van der Waals surface area contributed by atoms with Gasteiger partial charge in [-0.15, -0.1) is 0 Å². The van der Waals surface area contributed by atoms with Crippen molar-refractivity contribution < 1.29 is 13.6 Å². The second-order valence-electron chi connectivity index (χ2n) is 6.25. The van der Waals surface area contributed by atoms with E-state index in [0.717, 1.165) is 0 Å². The van der Waals surface area contributed by atoms with Crippen LogP contribution in [-0.4, -0.2) is 10.9 Å². The number of benzene rings is 2. The summed E-state index contributed by atoms with van der Waals surface area (Å²) >= 11 is 0. The van der Waals surface area contributed by atoms with Gasteiger partial charge in [-0.3, -0.25) is 4.79 Å². The average Bonchev–Trinajstić information content (AvgIpc) is 3.29. The Bertz CT molecular complexity index is 1050. The third-order valence-electron chi connectivity index (χ3n) is 4.70. The van der Waals surface area contributed by atoms with E-state index in [-0.39, 0.29) is 34.4 Å². The van der Waals surface area contributed by atoms with Crippen LogP contribution >= 0.6 is 0 Å².